The van der Waals surface area contributed by atoms with Gasteiger partial charge >= 0.3 is 6.18 Å². The van der Waals surface area contributed by atoms with E-state index in [9.17, 15) is 13.2 Å². The third-order valence-corrected chi connectivity index (χ3v) is 4.00. The number of rotatable bonds is 5. The molecule has 2 aliphatic rings. The lowest BCUT2D eigenvalue weighted by molar-refractivity contribution is -0.155. The molecule has 2 rings (SSSR count). The molecule has 2 fully saturated rings. The van der Waals surface area contributed by atoms with Crippen LogP contribution in [0.3, 0.4) is 0 Å². The summed E-state index contributed by atoms with van der Waals surface area (Å²) in [6.45, 7) is 2.13. The maximum absolute atomic E-state index is 12.7. The minimum atomic E-state index is -4.07. The van der Waals surface area contributed by atoms with Crippen molar-refractivity contribution in [2.75, 3.05) is 13.1 Å². The fourth-order valence-electron chi connectivity index (χ4n) is 3.14. The number of alkyl halides is 3. The molecular formula is C13H23F3N2. The zero-order valence-electron chi connectivity index (χ0n) is 11.0. The summed E-state index contributed by atoms with van der Waals surface area (Å²) in [4.78, 5) is 1.73. The Kier molecular flexibility index (Phi) is 4.54. The quantitative estimate of drug-likeness (QED) is 0.821. The second kappa shape index (κ2) is 5.78. The van der Waals surface area contributed by atoms with E-state index in [0.717, 1.165) is 45.1 Å². The summed E-state index contributed by atoms with van der Waals surface area (Å²) in [6.07, 6.45) is 1.92. The van der Waals surface area contributed by atoms with Crippen LogP contribution >= 0.6 is 0 Å². The Bertz CT molecular complexity index is 261. The second-order valence-electron chi connectivity index (χ2n) is 5.53. The number of nitrogens with zero attached hydrogens (tertiary/aromatic N) is 1. The molecule has 1 N–H and O–H groups in total. The van der Waals surface area contributed by atoms with E-state index in [1.54, 1.807) is 4.90 Å². The monoisotopic (exact) mass is 264 g/mol. The van der Waals surface area contributed by atoms with E-state index < -0.39 is 12.7 Å². The third-order valence-electron chi connectivity index (χ3n) is 4.00. The van der Waals surface area contributed by atoms with Crippen LogP contribution in [0.4, 0.5) is 13.2 Å². The van der Waals surface area contributed by atoms with E-state index in [1.165, 1.54) is 0 Å². The predicted molar refractivity (Wildman–Crippen MR) is 65.5 cm³/mol. The molecule has 0 saturated heterocycles. The lowest BCUT2D eigenvalue weighted by Crippen LogP contribution is -2.54. The average molecular weight is 264 g/mol. The first-order chi connectivity index (χ1) is 8.51. The predicted octanol–water partition coefficient (Wildman–Crippen LogP) is 2.93. The van der Waals surface area contributed by atoms with Crippen molar-refractivity contribution in [1.82, 2.24) is 10.2 Å². The molecule has 2 aliphatic carbocycles. The van der Waals surface area contributed by atoms with E-state index in [-0.39, 0.29) is 18.1 Å². The topological polar surface area (TPSA) is 15.3 Å². The zero-order chi connectivity index (χ0) is 13.2. The van der Waals surface area contributed by atoms with Crippen LogP contribution < -0.4 is 5.32 Å². The van der Waals surface area contributed by atoms with Crippen LogP contribution in [0.15, 0.2) is 0 Å². The molecule has 18 heavy (non-hydrogen) atoms. The van der Waals surface area contributed by atoms with Gasteiger partial charge in [-0.3, -0.25) is 4.90 Å². The highest BCUT2D eigenvalue weighted by molar-refractivity contribution is 4.96. The Labute approximate surface area is 107 Å². The molecule has 0 bridgehead atoms. The van der Waals surface area contributed by atoms with Crippen molar-refractivity contribution in [2.45, 2.75) is 69.8 Å². The summed E-state index contributed by atoms with van der Waals surface area (Å²) >= 11 is 0. The number of likely N-dealkylation sites (N-methyl/N-ethyl adjacent to an activating group) is 1. The summed E-state index contributed by atoms with van der Waals surface area (Å²) < 4.78 is 38.1. The standard InChI is InChI=1S/C13H23F3N2/c1-2-17-11-5-3-4-6-12(11)18(10-7-8-10)9-13(14,15)16/h10-12,17H,2-9H2,1H3. The van der Waals surface area contributed by atoms with Crippen molar-refractivity contribution >= 4 is 0 Å². The molecule has 0 amide bonds. The van der Waals surface area contributed by atoms with Crippen molar-refractivity contribution < 1.29 is 13.2 Å². The molecule has 0 aliphatic heterocycles. The maximum atomic E-state index is 12.7. The van der Waals surface area contributed by atoms with Crippen LogP contribution in [0, 0.1) is 0 Å². The van der Waals surface area contributed by atoms with Crippen LogP contribution in [-0.4, -0.2) is 42.3 Å². The van der Waals surface area contributed by atoms with Crippen molar-refractivity contribution in [2.24, 2.45) is 0 Å². The Morgan fingerprint density at radius 2 is 1.78 bits per heavy atom. The number of nitrogens with one attached hydrogen (secondary N) is 1. The van der Waals surface area contributed by atoms with Crippen LogP contribution in [0.5, 0.6) is 0 Å². The smallest absolute Gasteiger partial charge is 0.313 e. The van der Waals surface area contributed by atoms with Gasteiger partial charge in [-0.05, 0) is 32.2 Å². The van der Waals surface area contributed by atoms with Crippen LogP contribution in [0.2, 0.25) is 0 Å². The Morgan fingerprint density at radius 1 is 1.11 bits per heavy atom. The normalized spacial score (nSPS) is 29.8. The molecule has 2 unspecified atom stereocenters. The van der Waals surface area contributed by atoms with Gasteiger partial charge in [0.2, 0.25) is 0 Å². The van der Waals surface area contributed by atoms with Gasteiger partial charge in [0.25, 0.3) is 0 Å². The molecule has 2 saturated carbocycles. The highest BCUT2D eigenvalue weighted by atomic mass is 19.4. The third kappa shape index (κ3) is 3.85. The Hall–Kier alpha value is -0.290. The molecule has 0 heterocycles. The summed E-state index contributed by atoms with van der Waals surface area (Å²) in [5.41, 5.74) is 0. The van der Waals surface area contributed by atoms with Gasteiger partial charge in [0.1, 0.15) is 0 Å². The molecule has 0 aromatic rings. The summed E-state index contributed by atoms with van der Waals surface area (Å²) in [6, 6.07) is 0.496. The van der Waals surface area contributed by atoms with E-state index in [4.69, 9.17) is 0 Å². The molecular weight excluding hydrogens is 241 g/mol. The number of halogens is 3. The largest absolute Gasteiger partial charge is 0.401 e. The summed E-state index contributed by atoms with van der Waals surface area (Å²) in [7, 11) is 0. The number of hydrogen-bond acceptors (Lipinski definition) is 2. The van der Waals surface area contributed by atoms with E-state index in [2.05, 4.69) is 5.32 Å². The summed E-state index contributed by atoms with van der Waals surface area (Å²) in [5, 5.41) is 3.37. The van der Waals surface area contributed by atoms with Gasteiger partial charge in [0, 0.05) is 18.1 Å². The van der Waals surface area contributed by atoms with Crippen molar-refractivity contribution in [3.05, 3.63) is 0 Å². The zero-order valence-corrected chi connectivity index (χ0v) is 11.0. The first-order valence-corrected chi connectivity index (χ1v) is 7.07. The van der Waals surface area contributed by atoms with Crippen LogP contribution in [0.25, 0.3) is 0 Å². The first-order valence-electron chi connectivity index (χ1n) is 7.07. The lowest BCUT2D eigenvalue weighted by Gasteiger charge is -2.41. The Morgan fingerprint density at radius 3 is 2.33 bits per heavy atom. The fourth-order valence-corrected chi connectivity index (χ4v) is 3.14. The van der Waals surface area contributed by atoms with Crippen LogP contribution in [0.1, 0.15) is 45.4 Å². The first kappa shape index (κ1) is 14.1. The minimum Gasteiger partial charge on any atom is -0.313 e. The average Bonchev–Trinajstić information content (AvgIpc) is 3.10. The lowest BCUT2D eigenvalue weighted by atomic mass is 9.89. The van der Waals surface area contributed by atoms with E-state index in [1.807, 2.05) is 6.92 Å². The van der Waals surface area contributed by atoms with Gasteiger partial charge in [-0.2, -0.15) is 13.2 Å². The molecule has 0 aromatic carbocycles. The molecule has 2 nitrogen and oxygen atoms in total. The van der Waals surface area contributed by atoms with Crippen molar-refractivity contribution in [1.29, 1.82) is 0 Å². The van der Waals surface area contributed by atoms with E-state index >= 15 is 0 Å². The Balaban J connectivity index is 2.02. The van der Waals surface area contributed by atoms with Gasteiger partial charge in [0.15, 0.2) is 0 Å². The highest BCUT2D eigenvalue weighted by Gasteiger charge is 2.43. The molecule has 0 spiro atoms. The van der Waals surface area contributed by atoms with E-state index in [0.29, 0.717) is 0 Å². The maximum Gasteiger partial charge on any atom is 0.401 e. The SMILES string of the molecule is CCNC1CCCCC1N(CC(F)(F)F)C1CC1. The van der Waals surface area contributed by atoms with Gasteiger partial charge in [-0.1, -0.05) is 19.8 Å². The second-order valence-corrected chi connectivity index (χ2v) is 5.53. The molecule has 2 atom stereocenters. The molecule has 5 heteroatoms. The fraction of sp³-hybridized carbons (Fsp3) is 1.00. The van der Waals surface area contributed by atoms with Crippen LogP contribution in [-0.2, 0) is 0 Å². The molecule has 106 valence electrons. The van der Waals surface area contributed by atoms with Crippen molar-refractivity contribution in [3.8, 4) is 0 Å². The van der Waals surface area contributed by atoms with Crippen molar-refractivity contribution in [3.63, 3.8) is 0 Å². The van der Waals surface area contributed by atoms with Gasteiger partial charge in [0.05, 0.1) is 6.54 Å². The number of hydrogen-bond donors (Lipinski definition) is 1. The van der Waals surface area contributed by atoms with Gasteiger partial charge in [-0.25, -0.2) is 0 Å². The minimum absolute atomic E-state index is 0.0767. The highest BCUT2D eigenvalue weighted by Crippen LogP contribution is 2.36. The van der Waals surface area contributed by atoms with Gasteiger partial charge in [-0.15, -0.1) is 0 Å². The van der Waals surface area contributed by atoms with Gasteiger partial charge < -0.3 is 5.32 Å². The molecule has 0 radical (unpaired) electrons. The molecule has 0 aromatic heterocycles. The summed E-state index contributed by atoms with van der Waals surface area (Å²) in [5.74, 6) is 0.